The number of anilines is 1. The van der Waals surface area contributed by atoms with Crippen molar-refractivity contribution in [3.63, 3.8) is 0 Å². The second-order valence-electron chi connectivity index (χ2n) is 5.06. The molecule has 0 saturated carbocycles. The minimum absolute atomic E-state index is 0.227. The van der Waals surface area contributed by atoms with Crippen molar-refractivity contribution in [2.75, 3.05) is 5.32 Å². The predicted molar refractivity (Wildman–Crippen MR) is 86.4 cm³/mol. The number of hydrogen-bond acceptors (Lipinski definition) is 4. The van der Waals surface area contributed by atoms with Crippen LogP contribution in [0.3, 0.4) is 0 Å². The summed E-state index contributed by atoms with van der Waals surface area (Å²) in [6.07, 6.45) is -4.12. The van der Waals surface area contributed by atoms with Gasteiger partial charge in [0.25, 0.3) is 11.5 Å². The van der Waals surface area contributed by atoms with E-state index in [9.17, 15) is 22.8 Å². The van der Waals surface area contributed by atoms with Crippen LogP contribution in [0.25, 0.3) is 5.82 Å². The molecule has 1 amide bonds. The van der Waals surface area contributed by atoms with E-state index < -0.39 is 28.9 Å². The SMILES string of the molecule is O=C(Nc1cccc(Cl)c1)c1cnn(-c2ccc(=O)[nH]n2)c1C(F)(F)F. The topological polar surface area (TPSA) is 92.7 Å². The van der Waals surface area contributed by atoms with E-state index in [1.54, 1.807) is 6.07 Å². The Morgan fingerprint density at radius 3 is 2.62 bits per heavy atom. The molecule has 2 N–H and O–H groups in total. The number of rotatable bonds is 3. The standard InChI is InChI=1S/C15H9ClF3N5O2/c16-8-2-1-3-9(6-8)21-14(26)10-7-20-24(13(10)15(17,18)19)11-4-5-12(25)23-22-11/h1-7H,(H,21,26)(H,23,25). The van der Waals surface area contributed by atoms with Gasteiger partial charge >= 0.3 is 6.18 Å². The van der Waals surface area contributed by atoms with Crippen molar-refractivity contribution >= 4 is 23.2 Å². The molecule has 0 fully saturated rings. The Labute approximate surface area is 148 Å². The molecule has 134 valence electrons. The van der Waals surface area contributed by atoms with E-state index in [1.807, 2.05) is 5.10 Å². The molecule has 11 heteroatoms. The van der Waals surface area contributed by atoms with E-state index in [1.165, 1.54) is 18.2 Å². The van der Waals surface area contributed by atoms with Crippen LogP contribution in [0.2, 0.25) is 5.02 Å². The molecular weight excluding hydrogens is 375 g/mol. The number of H-pyrrole nitrogens is 1. The highest BCUT2D eigenvalue weighted by Gasteiger charge is 2.41. The first-order valence-corrected chi connectivity index (χ1v) is 7.42. The summed E-state index contributed by atoms with van der Waals surface area (Å²) in [6.45, 7) is 0. The van der Waals surface area contributed by atoms with Gasteiger partial charge in [0.1, 0.15) is 0 Å². The summed E-state index contributed by atoms with van der Waals surface area (Å²) in [7, 11) is 0. The Morgan fingerprint density at radius 2 is 2.00 bits per heavy atom. The van der Waals surface area contributed by atoms with E-state index in [0.717, 1.165) is 18.3 Å². The number of halogens is 4. The molecule has 0 aliphatic carbocycles. The Morgan fingerprint density at radius 1 is 1.23 bits per heavy atom. The van der Waals surface area contributed by atoms with Crippen LogP contribution in [-0.4, -0.2) is 25.9 Å². The first-order chi connectivity index (χ1) is 12.3. The van der Waals surface area contributed by atoms with Crippen molar-refractivity contribution in [1.82, 2.24) is 20.0 Å². The fourth-order valence-corrected chi connectivity index (χ4v) is 2.37. The maximum absolute atomic E-state index is 13.5. The maximum atomic E-state index is 13.5. The zero-order chi connectivity index (χ0) is 18.9. The van der Waals surface area contributed by atoms with Gasteiger partial charge in [-0.3, -0.25) is 9.59 Å². The molecule has 1 aromatic carbocycles. The lowest BCUT2D eigenvalue weighted by Crippen LogP contribution is -2.21. The van der Waals surface area contributed by atoms with Gasteiger partial charge in [-0.1, -0.05) is 17.7 Å². The maximum Gasteiger partial charge on any atom is 0.434 e. The molecule has 0 spiro atoms. The Bertz CT molecular complexity index is 1010. The van der Waals surface area contributed by atoms with E-state index >= 15 is 0 Å². The molecule has 0 unspecified atom stereocenters. The minimum Gasteiger partial charge on any atom is -0.322 e. The zero-order valence-corrected chi connectivity index (χ0v) is 13.5. The van der Waals surface area contributed by atoms with Gasteiger partial charge in [0.2, 0.25) is 0 Å². The monoisotopic (exact) mass is 383 g/mol. The summed E-state index contributed by atoms with van der Waals surface area (Å²) in [5.74, 6) is -1.31. The zero-order valence-electron chi connectivity index (χ0n) is 12.7. The van der Waals surface area contributed by atoms with Crippen LogP contribution in [-0.2, 0) is 6.18 Å². The third kappa shape index (κ3) is 3.59. The smallest absolute Gasteiger partial charge is 0.322 e. The van der Waals surface area contributed by atoms with Crippen LogP contribution in [0, 0.1) is 0 Å². The predicted octanol–water partition coefficient (Wildman–Crippen LogP) is 2.88. The number of nitrogens with one attached hydrogen (secondary N) is 2. The van der Waals surface area contributed by atoms with Gasteiger partial charge in [-0.05, 0) is 24.3 Å². The highest BCUT2D eigenvalue weighted by atomic mass is 35.5. The quantitative estimate of drug-likeness (QED) is 0.727. The van der Waals surface area contributed by atoms with E-state index in [0.29, 0.717) is 9.70 Å². The normalized spacial score (nSPS) is 11.4. The van der Waals surface area contributed by atoms with E-state index in [4.69, 9.17) is 11.6 Å². The summed E-state index contributed by atoms with van der Waals surface area (Å²) in [4.78, 5) is 23.3. The fraction of sp³-hybridized carbons (Fsp3) is 0.0667. The number of amides is 1. The van der Waals surface area contributed by atoms with Gasteiger partial charge in [0.05, 0.1) is 11.8 Å². The number of alkyl halides is 3. The lowest BCUT2D eigenvalue weighted by atomic mass is 10.2. The molecule has 2 aromatic heterocycles. The summed E-state index contributed by atoms with van der Waals surface area (Å²) in [5, 5.41) is 11.7. The third-order valence-electron chi connectivity index (χ3n) is 3.25. The van der Waals surface area contributed by atoms with Gasteiger partial charge in [-0.25, -0.2) is 9.78 Å². The van der Waals surface area contributed by atoms with Crippen LogP contribution >= 0.6 is 11.6 Å². The van der Waals surface area contributed by atoms with Crippen LogP contribution < -0.4 is 10.9 Å². The third-order valence-corrected chi connectivity index (χ3v) is 3.48. The van der Waals surface area contributed by atoms with E-state index in [2.05, 4.69) is 15.5 Å². The van der Waals surface area contributed by atoms with Gasteiger partial charge in [-0.15, -0.1) is 0 Å². The minimum atomic E-state index is -4.89. The summed E-state index contributed by atoms with van der Waals surface area (Å²) < 4.78 is 41.0. The van der Waals surface area contributed by atoms with Crippen LogP contribution in [0.1, 0.15) is 16.1 Å². The number of benzene rings is 1. The van der Waals surface area contributed by atoms with E-state index in [-0.39, 0.29) is 11.5 Å². The van der Waals surface area contributed by atoms with Crippen LogP contribution in [0.5, 0.6) is 0 Å². The first-order valence-electron chi connectivity index (χ1n) is 7.04. The number of hydrogen-bond donors (Lipinski definition) is 2. The van der Waals surface area contributed by atoms with Crippen molar-refractivity contribution in [3.05, 3.63) is 69.2 Å². The second-order valence-corrected chi connectivity index (χ2v) is 5.50. The van der Waals surface area contributed by atoms with Crippen molar-refractivity contribution < 1.29 is 18.0 Å². The van der Waals surface area contributed by atoms with Crippen molar-refractivity contribution in [2.45, 2.75) is 6.18 Å². The van der Waals surface area contributed by atoms with Crippen LogP contribution in [0.15, 0.2) is 47.4 Å². The Kier molecular flexibility index (Phi) is 4.51. The lowest BCUT2D eigenvalue weighted by molar-refractivity contribution is -0.143. The molecule has 7 nitrogen and oxygen atoms in total. The first kappa shape index (κ1) is 17.7. The largest absolute Gasteiger partial charge is 0.434 e. The Hall–Kier alpha value is -3.14. The highest BCUT2D eigenvalue weighted by molar-refractivity contribution is 6.31. The van der Waals surface area contributed by atoms with Crippen LogP contribution in [0.4, 0.5) is 18.9 Å². The molecule has 0 aliphatic rings. The molecule has 0 bridgehead atoms. The molecule has 3 rings (SSSR count). The molecule has 26 heavy (non-hydrogen) atoms. The molecule has 3 aromatic rings. The molecule has 0 aliphatic heterocycles. The number of nitrogens with zero attached hydrogens (tertiary/aromatic N) is 3. The number of aromatic nitrogens is 4. The number of carbonyl (C=O) groups is 1. The number of aromatic amines is 1. The second kappa shape index (κ2) is 6.64. The fourth-order valence-electron chi connectivity index (χ4n) is 2.18. The summed E-state index contributed by atoms with van der Waals surface area (Å²) in [6, 6.07) is 8.01. The number of carbonyl (C=O) groups excluding carboxylic acids is 1. The summed E-state index contributed by atoms with van der Waals surface area (Å²) >= 11 is 5.79. The average Bonchev–Trinajstić information content (AvgIpc) is 3.01. The Balaban J connectivity index is 2.03. The average molecular weight is 384 g/mol. The van der Waals surface area contributed by atoms with Gasteiger partial charge in [-0.2, -0.15) is 23.4 Å². The van der Waals surface area contributed by atoms with Crippen molar-refractivity contribution in [2.24, 2.45) is 0 Å². The molecule has 0 saturated heterocycles. The molecule has 0 radical (unpaired) electrons. The van der Waals surface area contributed by atoms with Gasteiger partial charge in [0, 0.05) is 16.8 Å². The van der Waals surface area contributed by atoms with Gasteiger partial charge < -0.3 is 5.32 Å². The van der Waals surface area contributed by atoms with Crippen molar-refractivity contribution in [3.8, 4) is 5.82 Å². The highest BCUT2D eigenvalue weighted by Crippen LogP contribution is 2.33. The summed E-state index contributed by atoms with van der Waals surface area (Å²) in [5.41, 5.74) is -2.39. The van der Waals surface area contributed by atoms with Gasteiger partial charge in [0.15, 0.2) is 11.5 Å². The van der Waals surface area contributed by atoms with Crippen molar-refractivity contribution in [1.29, 1.82) is 0 Å². The molecule has 2 heterocycles. The molecular formula is C15H9ClF3N5O2. The lowest BCUT2D eigenvalue weighted by Gasteiger charge is -2.12. The molecule has 0 atom stereocenters.